The number of hydrogen-bond donors (Lipinski definition) is 2. The fourth-order valence-corrected chi connectivity index (χ4v) is 3.11. The maximum atomic E-state index is 13.5. The molecule has 4 heteroatoms. The number of aliphatic hydroxyl groups excluding tert-OH is 1. The molecule has 1 atom stereocenters. The van der Waals surface area contributed by atoms with Crippen molar-refractivity contribution < 1.29 is 9.50 Å². The molecule has 2 N–H and O–H groups in total. The molecular formula is C17H27FN2O. The minimum Gasteiger partial charge on any atom is -0.396 e. The Bertz CT molecular complexity index is 437. The van der Waals surface area contributed by atoms with Gasteiger partial charge in [-0.15, -0.1) is 0 Å². The van der Waals surface area contributed by atoms with Crippen LogP contribution in [0.1, 0.15) is 38.2 Å². The normalized spacial score (nSPS) is 19.0. The van der Waals surface area contributed by atoms with Crippen LogP contribution in [0.3, 0.4) is 0 Å². The third kappa shape index (κ3) is 4.68. The number of nitrogens with zero attached hydrogens (tertiary/aromatic N) is 1. The highest BCUT2D eigenvalue weighted by Gasteiger charge is 2.21. The van der Waals surface area contributed by atoms with Gasteiger partial charge in [-0.25, -0.2) is 4.39 Å². The summed E-state index contributed by atoms with van der Waals surface area (Å²) in [6, 6.07) is 5.10. The van der Waals surface area contributed by atoms with E-state index < -0.39 is 0 Å². The molecule has 1 aromatic rings. The number of nitrogens with one attached hydrogen (secondary N) is 1. The Morgan fingerprint density at radius 2 is 2.29 bits per heavy atom. The third-order valence-corrected chi connectivity index (χ3v) is 4.18. The molecule has 1 fully saturated rings. The average Bonchev–Trinajstić information content (AvgIpc) is 2.48. The Kier molecular flexibility index (Phi) is 6.46. The maximum Gasteiger partial charge on any atom is 0.123 e. The van der Waals surface area contributed by atoms with Crippen LogP contribution >= 0.6 is 0 Å². The van der Waals surface area contributed by atoms with Gasteiger partial charge in [-0.05, 0) is 61.9 Å². The molecule has 0 saturated carbocycles. The summed E-state index contributed by atoms with van der Waals surface area (Å²) in [6.45, 7) is 6.03. The fraction of sp³-hybridized carbons (Fsp3) is 0.647. The van der Waals surface area contributed by atoms with Crippen molar-refractivity contribution in [2.75, 3.05) is 31.1 Å². The molecule has 1 aromatic carbocycles. The highest BCUT2D eigenvalue weighted by Crippen LogP contribution is 2.28. The van der Waals surface area contributed by atoms with Crippen LogP contribution in [0.15, 0.2) is 18.2 Å². The molecule has 0 amide bonds. The Hall–Kier alpha value is -1.13. The number of anilines is 1. The lowest BCUT2D eigenvalue weighted by Gasteiger charge is -2.35. The summed E-state index contributed by atoms with van der Waals surface area (Å²) in [4.78, 5) is 2.35. The SMILES string of the molecule is CCCNCc1cc(F)ccc1N1CCCC(CCO)C1. The molecule has 0 aromatic heterocycles. The second-order valence-corrected chi connectivity index (χ2v) is 5.92. The number of hydrogen-bond acceptors (Lipinski definition) is 3. The minimum atomic E-state index is -0.170. The molecule has 0 aliphatic carbocycles. The highest BCUT2D eigenvalue weighted by molar-refractivity contribution is 5.54. The van der Waals surface area contributed by atoms with Gasteiger partial charge in [-0.1, -0.05) is 6.92 Å². The molecule has 0 radical (unpaired) electrons. The third-order valence-electron chi connectivity index (χ3n) is 4.18. The number of aliphatic hydroxyl groups is 1. The van der Waals surface area contributed by atoms with Crippen molar-refractivity contribution in [3.8, 4) is 0 Å². The predicted molar refractivity (Wildman–Crippen MR) is 85.0 cm³/mol. The fourth-order valence-electron chi connectivity index (χ4n) is 3.11. The van der Waals surface area contributed by atoms with Gasteiger partial charge in [0.25, 0.3) is 0 Å². The molecule has 1 unspecified atom stereocenters. The van der Waals surface area contributed by atoms with Crippen molar-refractivity contribution in [2.45, 2.75) is 39.2 Å². The van der Waals surface area contributed by atoms with E-state index in [9.17, 15) is 4.39 Å². The van der Waals surface area contributed by atoms with Gasteiger partial charge in [0.05, 0.1) is 0 Å². The number of piperidine rings is 1. The van der Waals surface area contributed by atoms with Crippen molar-refractivity contribution >= 4 is 5.69 Å². The van der Waals surface area contributed by atoms with Crippen molar-refractivity contribution in [3.63, 3.8) is 0 Å². The van der Waals surface area contributed by atoms with E-state index in [0.29, 0.717) is 12.5 Å². The minimum absolute atomic E-state index is 0.170. The quantitative estimate of drug-likeness (QED) is 0.759. The van der Waals surface area contributed by atoms with Crippen LogP contribution in [-0.2, 0) is 6.54 Å². The summed E-state index contributed by atoms with van der Waals surface area (Å²) in [5.74, 6) is 0.376. The monoisotopic (exact) mass is 294 g/mol. The van der Waals surface area contributed by atoms with Crippen LogP contribution < -0.4 is 10.2 Å². The zero-order valence-corrected chi connectivity index (χ0v) is 12.9. The molecular weight excluding hydrogens is 267 g/mol. The van der Waals surface area contributed by atoms with Crippen molar-refractivity contribution in [1.29, 1.82) is 0 Å². The lowest BCUT2D eigenvalue weighted by Crippen LogP contribution is -2.36. The van der Waals surface area contributed by atoms with Crippen LogP contribution in [0.25, 0.3) is 0 Å². The van der Waals surface area contributed by atoms with E-state index >= 15 is 0 Å². The predicted octanol–water partition coefficient (Wildman–Crippen LogP) is 2.92. The molecule has 1 aliphatic heterocycles. The molecule has 21 heavy (non-hydrogen) atoms. The second-order valence-electron chi connectivity index (χ2n) is 5.92. The summed E-state index contributed by atoms with van der Waals surface area (Å²) in [5, 5.41) is 12.5. The topological polar surface area (TPSA) is 35.5 Å². The molecule has 0 bridgehead atoms. The summed E-state index contributed by atoms with van der Waals surface area (Å²) < 4.78 is 13.5. The van der Waals surface area contributed by atoms with Crippen LogP contribution in [0.4, 0.5) is 10.1 Å². The summed E-state index contributed by atoms with van der Waals surface area (Å²) >= 11 is 0. The Morgan fingerprint density at radius 1 is 1.43 bits per heavy atom. The summed E-state index contributed by atoms with van der Waals surface area (Å²) in [5.41, 5.74) is 2.18. The van der Waals surface area contributed by atoms with Crippen LogP contribution in [-0.4, -0.2) is 31.3 Å². The maximum absolute atomic E-state index is 13.5. The smallest absolute Gasteiger partial charge is 0.123 e. The van der Waals surface area contributed by atoms with E-state index in [4.69, 9.17) is 5.11 Å². The van der Waals surface area contributed by atoms with Crippen LogP contribution in [0, 0.1) is 11.7 Å². The van der Waals surface area contributed by atoms with Crippen molar-refractivity contribution in [1.82, 2.24) is 5.32 Å². The van der Waals surface area contributed by atoms with Gasteiger partial charge >= 0.3 is 0 Å². The van der Waals surface area contributed by atoms with E-state index in [-0.39, 0.29) is 12.4 Å². The number of rotatable bonds is 7. The highest BCUT2D eigenvalue weighted by atomic mass is 19.1. The van der Waals surface area contributed by atoms with E-state index in [1.807, 2.05) is 6.07 Å². The first-order valence-corrected chi connectivity index (χ1v) is 8.09. The Balaban J connectivity index is 2.09. The first-order chi connectivity index (χ1) is 10.2. The van der Waals surface area contributed by atoms with Gasteiger partial charge in [-0.3, -0.25) is 0 Å². The van der Waals surface area contributed by atoms with E-state index in [1.165, 1.54) is 6.42 Å². The largest absolute Gasteiger partial charge is 0.396 e. The summed E-state index contributed by atoms with van der Waals surface area (Å²) in [6.07, 6.45) is 4.26. The van der Waals surface area contributed by atoms with Gasteiger partial charge in [-0.2, -0.15) is 0 Å². The van der Waals surface area contributed by atoms with E-state index in [1.54, 1.807) is 12.1 Å². The first-order valence-electron chi connectivity index (χ1n) is 8.09. The average molecular weight is 294 g/mol. The lowest BCUT2D eigenvalue weighted by atomic mass is 9.94. The zero-order chi connectivity index (χ0) is 15.1. The molecule has 118 valence electrons. The van der Waals surface area contributed by atoms with Gasteiger partial charge in [0.1, 0.15) is 5.82 Å². The number of benzene rings is 1. The standard InChI is InChI=1S/C17H27FN2O/c1-2-8-19-12-15-11-16(18)5-6-17(15)20-9-3-4-14(13-20)7-10-21/h5-6,11,14,19,21H,2-4,7-10,12-13H2,1H3. The molecule has 1 heterocycles. The van der Waals surface area contributed by atoms with Gasteiger partial charge in [0, 0.05) is 31.9 Å². The summed E-state index contributed by atoms with van der Waals surface area (Å²) in [7, 11) is 0. The van der Waals surface area contributed by atoms with Crippen molar-refractivity contribution in [3.05, 3.63) is 29.6 Å². The Labute approximate surface area is 127 Å². The van der Waals surface area contributed by atoms with Gasteiger partial charge in [0.2, 0.25) is 0 Å². The molecule has 2 rings (SSSR count). The molecule has 1 saturated heterocycles. The Morgan fingerprint density at radius 3 is 3.05 bits per heavy atom. The molecule has 1 aliphatic rings. The number of halogens is 1. The van der Waals surface area contributed by atoms with Gasteiger partial charge in [0.15, 0.2) is 0 Å². The van der Waals surface area contributed by atoms with Crippen molar-refractivity contribution in [2.24, 2.45) is 5.92 Å². The van der Waals surface area contributed by atoms with Crippen LogP contribution in [0.2, 0.25) is 0 Å². The first kappa shape index (κ1) is 16.2. The molecule has 0 spiro atoms. The van der Waals surface area contributed by atoms with E-state index in [2.05, 4.69) is 17.1 Å². The molecule has 3 nitrogen and oxygen atoms in total. The van der Waals surface area contributed by atoms with Gasteiger partial charge < -0.3 is 15.3 Å². The van der Waals surface area contributed by atoms with E-state index in [0.717, 1.165) is 50.1 Å². The lowest BCUT2D eigenvalue weighted by molar-refractivity contribution is 0.244. The van der Waals surface area contributed by atoms with Crippen LogP contribution in [0.5, 0.6) is 0 Å². The zero-order valence-electron chi connectivity index (χ0n) is 12.9. The second kappa shape index (κ2) is 8.35.